The van der Waals surface area contributed by atoms with Crippen LogP contribution in [0.5, 0.6) is 0 Å². The summed E-state index contributed by atoms with van der Waals surface area (Å²) in [6.07, 6.45) is 1.85. The van der Waals surface area contributed by atoms with Crippen LogP contribution in [0.4, 0.5) is 5.69 Å². The maximum Gasteiger partial charge on any atom is 0.243 e. The number of unbranched alkanes of at least 4 members (excludes halogenated alkanes) is 1. The molecule has 0 aliphatic rings. The molecule has 0 aliphatic carbocycles. The molecule has 0 saturated carbocycles. The summed E-state index contributed by atoms with van der Waals surface area (Å²) >= 11 is 11.7. The van der Waals surface area contributed by atoms with E-state index in [4.69, 9.17) is 23.2 Å². The van der Waals surface area contributed by atoms with Gasteiger partial charge in [0.2, 0.25) is 11.8 Å². The SMILES string of the molecule is CCCCN(CC(=O)Nc1ccc(Cl)c(Cl)c1)C(C)=O. The molecule has 0 bridgehead atoms. The molecule has 6 heteroatoms. The van der Waals surface area contributed by atoms with E-state index in [1.54, 1.807) is 18.2 Å². The van der Waals surface area contributed by atoms with Gasteiger partial charge in [-0.15, -0.1) is 0 Å². The number of carbonyl (C=O) groups is 2. The minimum atomic E-state index is -0.255. The van der Waals surface area contributed by atoms with E-state index in [0.29, 0.717) is 22.3 Å². The predicted octanol–water partition coefficient (Wildman–Crippen LogP) is 3.58. The number of anilines is 1. The van der Waals surface area contributed by atoms with Crippen LogP contribution in [-0.4, -0.2) is 29.8 Å². The molecule has 0 heterocycles. The van der Waals surface area contributed by atoms with Gasteiger partial charge in [-0.05, 0) is 24.6 Å². The molecular formula is C14H18Cl2N2O2. The highest BCUT2D eigenvalue weighted by molar-refractivity contribution is 6.42. The van der Waals surface area contributed by atoms with Crippen LogP contribution in [0.15, 0.2) is 18.2 Å². The molecule has 0 saturated heterocycles. The summed E-state index contributed by atoms with van der Waals surface area (Å²) in [5.74, 6) is -0.363. The average Bonchev–Trinajstić information content (AvgIpc) is 2.38. The van der Waals surface area contributed by atoms with E-state index in [2.05, 4.69) is 5.32 Å². The van der Waals surface area contributed by atoms with E-state index in [0.717, 1.165) is 12.8 Å². The number of hydrogen-bond donors (Lipinski definition) is 1. The second-order valence-corrected chi connectivity index (χ2v) is 5.29. The van der Waals surface area contributed by atoms with Gasteiger partial charge >= 0.3 is 0 Å². The van der Waals surface area contributed by atoms with Crippen molar-refractivity contribution in [2.24, 2.45) is 0 Å². The highest BCUT2D eigenvalue weighted by atomic mass is 35.5. The number of nitrogens with zero attached hydrogens (tertiary/aromatic N) is 1. The summed E-state index contributed by atoms with van der Waals surface area (Å²) in [6, 6.07) is 4.85. The molecule has 1 N–H and O–H groups in total. The first-order chi connectivity index (χ1) is 9.43. The summed E-state index contributed by atoms with van der Waals surface area (Å²) in [5.41, 5.74) is 0.559. The Balaban J connectivity index is 2.60. The Bertz CT molecular complexity index is 492. The van der Waals surface area contributed by atoms with Gasteiger partial charge in [-0.3, -0.25) is 9.59 Å². The van der Waals surface area contributed by atoms with Gasteiger partial charge in [-0.25, -0.2) is 0 Å². The molecule has 20 heavy (non-hydrogen) atoms. The van der Waals surface area contributed by atoms with Crippen LogP contribution in [0.25, 0.3) is 0 Å². The normalized spacial score (nSPS) is 10.2. The summed E-state index contributed by atoms with van der Waals surface area (Å²) < 4.78 is 0. The first-order valence-electron chi connectivity index (χ1n) is 6.44. The average molecular weight is 317 g/mol. The van der Waals surface area contributed by atoms with Gasteiger partial charge in [0.25, 0.3) is 0 Å². The molecule has 0 aliphatic heterocycles. The molecule has 0 spiro atoms. The van der Waals surface area contributed by atoms with E-state index in [1.807, 2.05) is 6.92 Å². The fourth-order valence-corrected chi connectivity index (χ4v) is 1.94. The van der Waals surface area contributed by atoms with Gasteiger partial charge in [0, 0.05) is 19.2 Å². The van der Waals surface area contributed by atoms with E-state index in [9.17, 15) is 9.59 Å². The van der Waals surface area contributed by atoms with Gasteiger partial charge in [-0.2, -0.15) is 0 Å². The number of amides is 2. The Morgan fingerprint density at radius 2 is 1.95 bits per heavy atom. The van der Waals surface area contributed by atoms with Crippen LogP contribution in [0, 0.1) is 0 Å². The quantitative estimate of drug-likeness (QED) is 0.872. The predicted molar refractivity (Wildman–Crippen MR) is 82.3 cm³/mol. The van der Waals surface area contributed by atoms with Crippen molar-refractivity contribution < 1.29 is 9.59 Å². The van der Waals surface area contributed by atoms with Gasteiger partial charge in [0.15, 0.2) is 0 Å². The molecule has 0 atom stereocenters. The Kier molecular flexibility index (Phi) is 6.82. The second-order valence-electron chi connectivity index (χ2n) is 4.47. The molecular weight excluding hydrogens is 299 g/mol. The van der Waals surface area contributed by atoms with E-state index in [-0.39, 0.29) is 18.4 Å². The number of nitrogens with one attached hydrogen (secondary N) is 1. The van der Waals surface area contributed by atoms with Crippen LogP contribution in [-0.2, 0) is 9.59 Å². The largest absolute Gasteiger partial charge is 0.334 e. The highest BCUT2D eigenvalue weighted by Gasteiger charge is 2.13. The van der Waals surface area contributed by atoms with Crippen LogP contribution in [0.1, 0.15) is 26.7 Å². The molecule has 1 aromatic carbocycles. The third-order valence-corrected chi connectivity index (χ3v) is 3.50. The van der Waals surface area contributed by atoms with Crippen molar-refractivity contribution in [3.05, 3.63) is 28.2 Å². The van der Waals surface area contributed by atoms with Crippen molar-refractivity contribution in [1.82, 2.24) is 4.90 Å². The smallest absolute Gasteiger partial charge is 0.243 e. The fourth-order valence-electron chi connectivity index (χ4n) is 1.64. The van der Waals surface area contributed by atoms with Crippen LogP contribution in [0.3, 0.4) is 0 Å². The van der Waals surface area contributed by atoms with Gasteiger partial charge in [0.05, 0.1) is 16.6 Å². The lowest BCUT2D eigenvalue weighted by Crippen LogP contribution is -2.37. The van der Waals surface area contributed by atoms with Crippen LogP contribution in [0.2, 0.25) is 10.0 Å². The van der Waals surface area contributed by atoms with Crippen molar-refractivity contribution in [2.75, 3.05) is 18.4 Å². The summed E-state index contributed by atoms with van der Waals surface area (Å²) in [7, 11) is 0. The van der Waals surface area contributed by atoms with Crippen LogP contribution >= 0.6 is 23.2 Å². The molecule has 1 aromatic rings. The molecule has 0 unspecified atom stereocenters. The number of hydrogen-bond acceptors (Lipinski definition) is 2. The lowest BCUT2D eigenvalue weighted by Gasteiger charge is -2.20. The third-order valence-electron chi connectivity index (χ3n) is 2.76. The minimum absolute atomic E-state index is 0.0373. The maximum atomic E-state index is 11.9. The van der Waals surface area contributed by atoms with E-state index in [1.165, 1.54) is 11.8 Å². The number of benzene rings is 1. The highest BCUT2D eigenvalue weighted by Crippen LogP contribution is 2.24. The van der Waals surface area contributed by atoms with Crippen molar-refractivity contribution in [1.29, 1.82) is 0 Å². The van der Waals surface area contributed by atoms with Crippen LogP contribution < -0.4 is 5.32 Å². The van der Waals surface area contributed by atoms with E-state index >= 15 is 0 Å². The molecule has 0 fully saturated rings. The lowest BCUT2D eigenvalue weighted by atomic mass is 10.3. The van der Waals surface area contributed by atoms with Gasteiger partial charge < -0.3 is 10.2 Å². The van der Waals surface area contributed by atoms with Crippen molar-refractivity contribution in [3.63, 3.8) is 0 Å². The molecule has 4 nitrogen and oxygen atoms in total. The zero-order chi connectivity index (χ0) is 15.1. The van der Waals surface area contributed by atoms with Gasteiger partial charge in [-0.1, -0.05) is 36.5 Å². The molecule has 0 aromatic heterocycles. The maximum absolute atomic E-state index is 11.9. The van der Waals surface area contributed by atoms with Gasteiger partial charge in [0.1, 0.15) is 0 Å². The summed E-state index contributed by atoms with van der Waals surface area (Å²) in [6.45, 7) is 4.12. The standard InChI is InChI=1S/C14H18Cl2N2O2/c1-3-4-7-18(10(2)19)9-14(20)17-11-5-6-12(15)13(16)8-11/h5-6,8H,3-4,7,9H2,1-2H3,(H,17,20). The van der Waals surface area contributed by atoms with E-state index < -0.39 is 0 Å². The Labute approximate surface area is 129 Å². The zero-order valence-electron chi connectivity index (χ0n) is 11.6. The topological polar surface area (TPSA) is 49.4 Å². The first kappa shape index (κ1) is 16.8. The van der Waals surface area contributed by atoms with Crippen molar-refractivity contribution in [2.45, 2.75) is 26.7 Å². The summed E-state index contributed by atoms with van der Waals surface area (Å²) in [5, 5.41) is 3.50. The third kappa shape index (κ3) is 5.39. The Hall–Kier alpha value is -1.26. The minimum Gasteiger partial charge on any atom is -0.334 e. The molecule has 0 radical (unpaired) electrons. The number of halogens is 2. The second kappa shape index (κ2) is 8.12. The fraction of sp³-hybridized carbons (Fsp3) is 0.429. The van der Waals surface area contributed by atoms with Crippen molar-refractivity contribution in [3.8, 4) is 0 Å². The number of carbonyl (C=O) groups excluding carboxylic acids is 2. The molecule has 110 valence electrons. The molecule has 1 rings (SSSR count). The molecule has 2 amide bonds. The summed E-state index contributed by atoms with van der Waals surface area (Å²) in [4.78, 5) is 24.9. The van der Waals surface area contributed by atoms with Crippen molar-refractivity contribution >= 4 is 40.7 Å². The zero-order valence-corrected chi connectivity index (χ0v) is 13.1. The monoisotopic (exact) mass is 316 g/mol. The lowest BCUT2D eigenvalue weighted by molar-refractivity contribution is -0.132. The first-order valence-corrected chi connectivity index (χ1v) is 7.20. The number of rotatable bonds is 6. The Morgan fingerprint density at radius 1 is 1.25 bits per heavy atom. The Morgan fingerprint density at radius 3 is 2.50 bits per heavy atom.